The van der Waals surface area contributed by atoms with Crippen molar-refractivity contribution in [1.29, 1.82) is 0 Å². The summed E-state index contributed by atoms with van der Waals surface area (Å²) < 4.78 is 5.77. The van der Waals surface area contributed by atoms with Crippen LogP contribution >= 0.6 is 0 Å². The highest BCUT2D eigenvalue weighted by Gasteiger charge is 2.25. The van der Waals surface area contributed by atoms with Gasteiger partial charge in [0, 0.05) is 38.1 Å². The average molecular weight is 317 g/mol. The number of amides is 2. The molecule has 0 bridgehead atoms. The summed E-state index contributed by atoms with van der Waals surface area (Å²) in [6, 6.07) is 8.06. The van der Waals surface area contributed by atoms with Crippen LogP contribution < -0.4 is 10.2 Å². The minimum Gasteiger partial charge on any atom is -0.372 e. The fourth-order valence-electron chi connectivity index (χ4n) is 3.13. The molecule has 2 aliphatic rings. The first-order valence-electron chi connectivity index (χ1n) is 8.54. The Morgan fingerprint density at radius 3 is 2.39 bits per heavy atom. The molecule has 1 saturated carbocycles. The van der Waals surface area contributed by atoms with Crippen molar-refractivity contribution >= 4 is 17.4 Å². The third-order valence-corrected chi connectivity index (χ3v) is 4.48. The van der Waals surface area contributed by atoms with Crippen molar-refractivity contribution in [3.05, 3.63) is 24.3 Å². The minimum absolute atomic E-state index is 0.0294. The maximum atomic E-state index is 12.1. The predicted octanol–water partition coefficient (Wildman–Crippen LogP) is 3.17. The molecular formula is C18H27N3O2. The number of anilines is 2. The SMILES string of the molecule is C[C@@H]1CN(c2ccc(NC(=O)N(C)CC3CC3)cc2)C[C@H](C)O1. The molecule has 5 nitrogen and oxygen atoms in total. The molecule has 23 heavy (non-hydrogen) atoms. The van der Waals surface area contributed by atoms with Crippen molar-refractivity contribution < 1.29 is 9.53 Å². The molecule has 1 heterocycles. The quantitative estimate of drug-likeness (QED) is 0.927. The molecule has 5 heteroatoms. The van der Waals surface area contributed by atoms with Gasteiger partial charge in [-0.05, 0) is 56.9 Å². The van der Waals surface area contributed by atoms with E-state index in [-0.39, 0.29) is 18.2 Å². The molecule has 0 unspecified atom stereocenters. The number of hydrogen-bond acceptors (Lipinski definition) is 3. The summed E-state index contributed by atoms with van der Waals surface area (Å²) in [6.45, 7) is 6.87. The second kappa shape index (κ2) is 6.79. The van der Waals surface area contributed by atoms with Crippen molar-refractivity contribution in [1.82, 2.24) is 4.90 Å². The molecule has 2 atom stereocenters. The molecule has 1 aromatic rings. The smallest absolute Gasteiger partial charge is 0.321 e. The van der Waals surface area contributed by atoms with E-state index in [4.69, 9.17) is 4.74 Å². The molecule has 0 spiro atoms. The number of ether oxygens (including phenoxy) is 1. The van der Waals surface area contributed by atoms with Crippen molar-refractivity contribution in [3.63, 3.8) is 0 Å². The van der Waals surface area contributed by atoms with Crippen LogP contribution in [0, 0.1) is 5.92 Å². The van der Waals surface area contributed by atoms with Crippen molar-refractivity contribution in [3.8, 4) is 0 Å². The van der Waals surface area contributed by atoms with Crippen LogP contribution in [0.1, 0.15) is 26.7 Å². The van der Waals surface area contributed by atoms with E-state index in [2.05, 4.69) is 36.2 Å². The summed E-state index contributed by atoms with van der Waals surface area (Å²) in [4.78, 5) is 16.2. The number of urea groups is 1. The molecule has 1 aliphatic carbocycles. The molecule has 2 fully saturated rings. The molecule has 2 amide bonds. The molecule has 1 saturated heterocycles. The number of hydrogen-bond donors (Lipinski definition) is 1. The maximum absolute atomic E-state index is 12.1. The van der Waals surface area contributed by atoms with Crippen LogP contribution in [0.15, 0.2) is 24.3 Å². The van der Waals surface area contributed by atoms with Crippen molar-refractivity contribution in [2.45, 2.75) is 38.9 Å². The Morgan fingerprint density at radius 1 is 1.22 bits per heavy atom. The Kier molecular flexibility index (Phi) is 4.76. The Morgan fingerprint density at radius 2 is 1.83 bits per heavy atom. The topological polar surface area (TPSA) is 44.8 Å². The van der Waals surface area contributed by atoms with E-state index in [0.29, 0.717) is 5.92 Å². The Bertz CT molecular complexity index is 532. The molecular weight excluding hydrogens is 290 g/mol. The molecule has 0 aromatic heterocycles. The zero-order chi connectivity index (χ0) is 16.4. The van der Waals surface area contributed by atoms with Gasteiger partial charge in [-0.3, -0.25) is 0 Å². The van der Waals surface area contributed by atoms with Crippen LogP contribution in [0.5, 0.6) is 0 Å². The first-order valence-corrected chi connectivity index (χ1v) is 8.54. The average Bonchev–Trinajstić information content (AvgIpc) is 3.31. The second-order valence-electron chi connectivity index (χ2n) is 6.96. The highest BCUT2D eigenvalue weighted by molar-refractivity contribution is 5.89. The fourth-order valence-corrected chi connectivity index (χ4v) is 3.13. The third-order valence-electron chi connectivity index (χ3n) is 4.48. The zero-order valence-electron chi connectivity index (χ0n) is 14.3. The number of morpholine rings is 1. The van der Waals surface area contributed by atoms with E-state index >= 15 is 0 Å². The van der Waals surface area contributed by atoms with Gasteiger partial charge >= 0.3 is 6.03 Å². The predicted molar refractivity (Wildman–Crippen MR) is 93.0 cm³/mol. The third kappa shape index (κ3) is 4.38. The fraction of sp³-hybridized carbons (Fsp3) is 0.611. The van der Waals surface area contributed by atoms with Gasteiger partial charge in [-0.1, -0.05) is 0 Å². The lowest BCUT2D eigenvalue weighted by Crippen LogP contribution is -2.45. The molecule has 3 rings (SSSR count). The largest absolute Gasteiger partial charge is 0.372 e. The Labute approximate surface area is 138 Å². The summed E-state index contributed by atoms with van der Waals surface area (Å²) in [5.74, 6) is 0.707. The van der Waals surface area contributed by atoms with Gasteiger partial charge in [0.25, 0.3) is 0 Å². The van der Waals surface area contributed by atoms with Gasteiger partial charge in [0.05, 0.1) is 12.2 Å². The van der Waals surface area contributed by atoms with E-state index in [1.54, 1.807) is 4.90 Å². The second-order valence-corrected chi connectivity index (χ2v) is 6.96. The van der Waals surface area contributed by atoms with Crippen LogP contribution in [0.2, 0.25) is 0 Å². The maximum Gasteiger partial charge on any atom is 0.321 e. The van der Waals surface area contributed by atoms with E-state index in [1.807, 2.05) is 19.2 Å². The molecule has 1 aromatic carbocycles. The zero-order valence-corrected chi connectivity index (χ0v) is 14.3. The summed E-state index contributed by atoms with van der Waals surface area (Å²) in [5, 5.41) is 2.97. The van der Waals surface area contributed by atoms with Gasteiger partial charge in [-0.2, -0.15) is 0 Å². The summed E-state index contributed by atoms with van der Waals surface area (Å²) in [6.07, 6.45) is 2.99. The number of carbonyl (C=O) groups is 1. The van der Waals surface area contributed by atoms with E-state index in [9.17, 15) is 4.79 Å². The monoisotopic (exact) mass is 317 g/mol. The molecule has 0 radical (unpaired) electrons. The lowest BCUT2D eigenvalue weighted by Gasteiger charge is -2.36. The normalized spacial score (nSPS) is 24.4. The molecule has 126 valence electrons. The van der Waals surface area contributed by atoms with Crippen molar-refractivity contribution in [2.75, 3.05) is 36.9 Å². The number of nitrogens with one attached hydrogen (secondary N) is 1. The van der Waals surface area contributed by atoms with Gasteiger partial charge in [-0.15, -0.1) is 0 Å². The minimum atomic E-state index is -0.0294. The van der Waals surface area contributed by atoms with Crippen LogP contribution in [-0.2, 0) is 4.74 Å². The van der Waals surface area contributed by atoms with Crippen LogP contribution in [0.4, 0.5) is 16.2 Å². The number of benzene rings is 1. The van der Waals surface area contributed by atoms with E-state index in [1.165, 1.54) is 18.5 Å². The van der Waals surface area contributed by atoms with E-state index in [0.717, 1.165) is 25.3 Å². The van der Waals surface area contributed by atoms with Gasteiger partial charge in [-0.25, -0.2) is 4.79 Å². The lowest BCUT2D eigenvalue weighted by atomic mass is 10.2. The van der Waals surface area contributed by atoms with Gasteiger partial charge in [0.15, 0.2) is 0 Å². The highest BCUT2D eigenvalue weighted by atomic mass is 16.5. The first-order chi connectivity index (χ1) is 11.0. The summed E-state index contributed by atoms with van der Waals surface area (Å²) in [5.41, 5.74) is 2.02. The number of carbonyl (C=O) groups excluding carboxylic acids is 1. The number of nitrogens with zero attached hydrogens (tertiary/aromatic N) is 2. The standard InChI is InChI=1S/C18H27N3O2/c1-13-10-21(11-14(2)23-13)17-8-6-16(7-9-17)19-18(22)20(3)12-15-4-5-15/h6-9,13-15H,4-5,10-12H2,1-3H3,(H,19,22)/t13-,14+. The summed E-state index contributed by atoms with van der Waals surface area (Å²) >= 11 is 0. The van der Waals surface area contributed by atoms with Crippen LogP contribution in [0.25, 0.3) is 0 Å². The van der Waals surface area contributed by atoms with Crippen molar-refractivity contribution in [2.24, 2.45) is 5.92 Å². The summed E-state index contributed by atoms with van der Waals surface area (Å²) in [7, 11) is 1.86. The van der Waals surface area contributed by atoms with Gasteiger partial charge in [0.1, 0.15) is 0 Å². The molecule has 1 aliphatic heterocycles. The first kappa shape index (κ1) is 16.1. The Hall–Kier alpha value is -1.75. The van der Waals surface area contributed by atoms with Gasteiger partial charge < -0.3 is 19.9 Å². The molecule has 1 N–H and O–H groups in total. The van der Waals surface area contributed by atoms with Gasteiger partial charge in [0.2, 0.25) is 0 Å². The highest BCUT2D eigenvalue weighted by Crippen LogP contribution is 2.29. The lowest BCUT2D eigenvalue weighted by molar-refractivity contribution is -0.00521. The van der Waals surface area contributed by atoms with Crippen LogP contribution in [0.3, 0.4) is 0 Å². The Balaban J connectivity index is 1.57. The van der Waals surface area contributed by atoms with Crippen LogP contribution in [-0.4, -0.2) is 49.8 Å². The van der Waals surface area contributed by atoms with E-state index < -0.39 is 0 Å². The number of rotatable bonds is 4.